The maximum atomic E-state index is 11.0. The molecule has 3 unspecified atom stereocenters. The van der Waals surface area contributed by atoms with E-state index in [-0.39, 0.29) is 11.1 Å². The van der Waals surface area contributed by atoms with E-state index in [1.807, 2.05) is 0 Å². The first-order valence-corrected chi connectivity index (χ1v) is 10.1. The third-order valence-corrected chi connectivity index (χ3v) is 7.70. The zero-order valence-corrected chi connectivity index (χ0v) is 15.8. The number of rotatable bonds is 5. The van der Waals surface area contributed by atoms with Gasteiger partial charge in [-0.2, -0.15) is 0 Å². The lowest BCUT2D eigenvalue weighted by Crippen LogP contribution is -2.63. The van der Waals surface area contributed by atoms with Crippen LogP contribution in [0.2, 0.25) is 0 Å². The number of hydrogen-bond donors (Lipinski definition) is 2. The Hall–Kier alpha value is -0.160. The lowest BCUT2D eigenvalue weighted by molar-refractivity contribution is -0.172. The molecule has 0 aromatic rings. The number of morpholine rings is 1. The molecule has 5 rings (SSSR count). The van der Waals surface area contributed by atoms with Crippen molar-refractivity contribution in [1.82, 2.24) is 10.2 Å². The van der Waals surface area contributed by atoms with Gasteiger partial charge in [-0.15, -0.1) is 0 Å². The Labute approximate surface area is 147 Å². The molecule has 3 atom stereocenters. The van der Waals surface area contributed by atoms with Gasteiger partial charge in [0.15, 0.2) is 0 Å². The van der Waals surface area contributed by atoms with E-state index < -0.39 is 0 Å². The van der Waals surface area contributed by atoms with Crippen LogP contribution in [0.4, 0.5) is 0 Å². The summed E-state index contributed by atoms with van der Waals surface area (Å²) in [5.74, 6) is 1.54. The van der Waals surface area contributed by atoms with Crippen LogP contribution in [0, 0.1) is 17.3 Å². The Morgan fingerprint density at radius 1 is 1.17 bits per heavy atom. The van der Waals surface area contributed by atoms with Gasteiger partial charge in [-0.3, -0.25) is 4.90 Å². The van der Waals surface area contributed by atoms with Crippen molar-refractivity contribution in [1.29, 1.82) is 0 Å². The first-order valence-electron chi connectivity index (χ1n) is 10.1. The molecule has 5 fully saturated rings. The summed E-state index contributed by atoms with van der Waals surface area (Å²) in [5, 5.41) is 14.9. The van der Waals surface area contributed by atoms with Crippen molar-refractivity contribution in [3.05, 3.63) is 0 Å². The summed E-state index contributed by atoms with van der Waals surface area (Å²) in [6, 6.07) is 0.496. The molecule has 0 aromatic carbocycles. The second kappa shape index (κ2) is 5.94. The summed E-state index contributed by atoms with van der Waals surface area (Å²) in [6.07, 6.45) is 7.19. The van der Waals surface area contributed by atoms with Gasteiger partial charge in [0, 0.05) is 31.2 Å². The van der Waals surface area contributed by atoms with E-state index in [2.05, 4.69) is 31.0 Å². The highest BCUT2D eigenvalue weighted by Gasteiger charge is 2.58. The molecule has 5 aliphatic rings. The van der Waals surface area contributed by atoms with Gasteiger partial charge in [-0.05, 0) is 76.5 Å². The highest BCUT2D eigenvalue weighted by molar-refractivity contribution is 5.11. The lowest BCUT2D eigenvalue weighted by atomic mass is 9.46. The van der Waals surface area contributed by atoms with Crippen molar-refractivity contribution < 1.29 is 9.84 Å². The van der Waals surface area contributed by atoms with E-state index in [4.69, 9.17) is 4.74 Å². The Kier molecular flexibility index (Phi) is 4.27. The van der Waals surface area contributed by atoms with E-state index in [0.717, 1.165) is 63.9 Å². The normalized spacial score (nSPS) is 44.0. The van der Waals surface area contributed by atoms with Gasteiger partial charge in [-0.25, -0.2) is 0 Å². The molecular formula is C20H36N2O2. The van der Waals surface area contributed by atoms with Gasteiger partial charge in [0.25, 0.3) is 0 Å². The zero-order valence-electron chi connectivity index (χ0n) is 15.8. The van der Waals surface area contributed by atoms with Crippen LogP contribution in [0.1, 0.15) is 59.3 Å². The predicted molar refractivity (Wildman–Crippen MR) is 96.0 cm³/mol. The van der Waals surface area contributed by atoms with Gasteiger partial charge < -0.3 is 15.2 Å². The van der Waals surface area contributed by atoms with Crippen LogP contribution in [-0.4, -0.2) is 60.0 Å². The number of nitrogens with zero attached hydrogens (tertiary/aromatic N) is 1. The summed E-state index contributed by atoms with van der Waals surface area (Å²) in [4.78, 5) is 2.56. The van der Waals surface area contributed by atoms with Gasteiger partial charge >= 0.3 is 0 Å². The summed E-state index contributed by atoms with van der Waals surface area (Å²) < 4.78 is 5.51. The lowest BCUT2D eigenvalue weighted by Gasteiger charge is -2.62. The van der Waals surface area contributed by atoms with Crippen LogP contribution in [0.25, 0.3) is 0 Å². The van der Waals surface area contributed by atoms with Crippen LogP contribution in [-0.2, 0) is 4.74 Å². The number of nitrogens with one attached hydrogen (secondary N) is 1. The van der Waals surface area contributed by atoms with Crippen molar-refractivity contribution in [3.8, 4) is 0 Å². The third-order valence-electron chi connectivity index (χ3n) is 7.70. The van der Waals surface area contributed by atoms with Crippen molar-refractivity contribution in [2.45, 2.75) is 76.5 Å². The molecule has 1 aliphatic heterocycles. The average molecular weight is 337 g/mol. The van der Waals surface area contributed by atoms with Gasteiger partial charge in [0.05, 0.1) is 18.8 Å². The summed E-state index contributed by atoms with van der Waals surface area (Å²) >= 11 is 0. The fourth-order valence-electron chi connectivity index (χ4n) is 6.69. The molecule has 4 bridgehead atoms. The molecule has 4 saturated carbocycles. The van der Waals surface area contributed by atoms with E-state index >= 15 is 0 Å². The molecular weight excluding hydrogens is 300 g/mol. The molecule has 0 amide bonds. The fourth-order valence-corrected chi connectivity index (χ4v) is 6.69. The second-order valence-electron chi connectivity index (χ2n) is 10.1. The Balaban J connectivity index is 1.40. The van der Waals surface area contributed by atoms with Gasteiger partial charge in [0.1, 0.15) is 0 Å². The minimum atomic E-state index is -0.347. The van der Waals surface area contributed by atoms with Crippen LogP contribution in [0.5, 0.6) is 0 Å². The highest BCUT2D eigenvalue weighted by Crippen LogP contribution is 2.62. The molecule has 1 heterocycles. The first-order chi connectivity index (χ1) is 11.3. The molecule has 1 saturated heterocycles. The predicted octanol–water partition coefficient (Wildman–Crippen LogP) is 2.41. The van der Waals surface area contributed by atoms with Crippen LogP contribution < -0.4 is 5.32 Å². The standard InChI is InChI=1S/C20H36N2O2/c1-15(21-14-18(2,3)22-4-6-24-7-5-22)19-9-16-8-17(10-19)12-20(23,11-16)13-19/h15-17,21,23H,4-14H2,1-3H3. The fraction of sp³-hybridized carbons (Fsp3) is 1.00. The van der Waals surface area contributed by atoms with Crippen LogP contribution in [0.3, 0.4) is 0 Å². The quantitative estimate of drug-likeness (QED) is 0.809. The average Bonchev–Trinajstić information content (AvgIpc) is 2.51. The van der Waals surface area contributed by atoms with E-state index in [0.29, 0.717) is 11.5 Å². The minimum Gasteiger partial charge on any atom is -0.390 e. The molecule has 4 aliphatic carbocycles. The largest absolute Gasteiger partial charge is 0.390 e. The maximum Gasteiger partial charge on any atom is 0.0659 e. The SMILES string of the molecule is CC(NCC(C)(C)N1CCOCC1)C12CC3CC(CC(O)(C3)C1)C2. The second-order valence-corrected chi connectivity index (χ2v) is 10.1. The topological polar surface area (TPSA) is 44.7 Å². The highest BCUT2D eigenvalue weighted by atomic mass is 16.5. The van der Waals surface area contributed by atoms with Crippen molar-refractivity contribution >= 4 is 0 Å². The molecule has 2 N–H and O–H groups in total. The number of aliphatic hydroxyl groups is 1. The molecule has 0 spiro atoms. The maximum absolute atomic E-state index is 11.0. The summed E-state index contributed by atoms with van der Waals surface area (Å²) in [5.41, 5.74) is 0.150. The summed E-state index contributed by atoms with van der Waals surface area (Å²) in [6.45, 7) is 11.9. The van der Waals surface area contributed by atoms with Crippen LogP contribution in [0.15, 0.2) is 0 Å². The summed E-state index contributed by atoms with van der Waals surface area (Å²) in [7, 11) is 0. The van der Waals surface area contributed by atoms with Crippen LogP contribution >= 0.6 is 0 Å². The smallest absolute Gasteiger partial charge is 0.0659 e. The molecule has 0 aromatic heterocycles. The number of hydrogen-bond acceptors (Lipinski definition) is 4. The zero-order chi connectivity index (χ0) is 17.0. The van der Waals surface area contributed by atoms with E-state index in [9.17, 15) is 5.11 Å². The molecule has 138 valence electrons. The number of ether oxygens (including phenoxy) is 1. The van der Waals surface area contributed by atoms with Crippen molar-refractivity contribution in [3.63, 3.8) is 0 Å². The molecule has 0 radical (unpaired) electrons. The van der Waals surface area contributed by atoms with E-state index in [1.165, 1.54) is 19.3 Å². The first kappa shape index (κ1) is 17.3. The van der Waals surface area contributed by atoms with Crippen molar-refractivity contribution in [2.24, 2.45) is 17.3 Å². The van der Waals surface area contributed by atoms with Gasteiger partial charge in [-0.1, -0.05) is 0 Å². The third kappa shape index (κ3) is 3.04. The Bertz CT molecular complexity index is 458. The Morgan fingerprint density at radius 2 is 1.79 bits per heavy atom. The molecule has 4 heteroatoms. The monoisotopic (exact) mass is 336 g/mol. The Morgan fingerprint density at radius 3 is 2.38 bits per heavy atom. The molecule has 4 nitrogen and oxygen atoms in total. The van der Waals surface area contributed by atoms with Crippen molar-refractivity contribution in [2.75, 3.05) is 32.8 Å². The van der Waals surface area contributed by atoms with Gasteiger partial charge in [0.2, 0.25) is 0 Å². The molecule has 24 heavy (non-hydrogen) atoms. The minimum absolute atomic E-state index is 0.164. The van der Waals surface area contributed by atoms with E-state index in [1.54, 1.807) is 0 Å².